The maximum Gasteiger partial charge on any atom is 0.302 e. The summed E-state index contributed by atoms with van der Waals surface area (Å²) in [7, 11) is 1.35. The maximum absolute atomic E-state index is 10.5. The number of nitrogens with two attached hydrogens (primary N) is 1. The van der Waals surface area contributed by atoms with E-state index in [-0.39, 0.29) is 17.2 Å². The van der Waals surface area contributed by atoms with Crippen LogP contribution in [-0.2, 0) is 9.53 Å². The summed E-state index contributed by atoms with van der Waals surface area (Å²) in [5.74, 6) is -0.838. The van der Waals surface area contributed by atoms with Gasteiger partial charge >= 0.3 is 5.97 Å². The van der Waals surface area contributed by atoms with Gasteiger partial charge in [-0.3, -0.25) is 19.7 Å². The van der Waals surface area contributed by atoms with Crippen molar-refractivity contribution < 1.29 is 19.2 Å². The SMILES string of the molecule is COC(C)=O.NC(=O)c1ccc([N+](=O)[O-])cc1. The van der Waals surface area contributed by atoms with Crippen LogP contribution in [0.1, 0.15) is 17.3 Å². The quantitative estimate of drug-likeness (QED) is 0.468. The zero-order valence-corrected chi connectivity index (χ0v) is 9.38. The first-order valence-corrected chi connectivity index (χ1v) is 4.47. The molecule has 0 spiro atoms. The number of ether oxygens (including phenoxy) is 1. The predicted octanol–water partition coefficient (Wildman–Crippen LogP) is 0.873. The molecule has 1 amide bonds. The number of amides is 1. The Morgan fingerprint density at radius 3 is 1.94 bits per heavy atom. The van der Waals surface area contributed by atoms with E-state index in [2.05, 4.69) is 4.74 Å². The second kappa shape index (κ2) is 6.94. The predicted molar refractivity (Wildman–Crippen MR) is 59.3 cm³/mol. The average molecular weight is 240 g/mol. The van der Waals surface area contributed by atoms with Crippen LogP contribution in [0.3, 0.4) is 0 Å². The minimum atomic E-state index is -0.593. The van der Waals surface area contributed by atoms with Crippen LogP contribution in [0.2, 0.25) is 0 Å². The minimum absolute atomic E-state index is 0.0556. The third-order valence-electron chi connectivity index (χ3n) is 1.65. The molecule has 0 aliphatic heterocycles. The molecule has 0 radical (unpaired) electrons. The minimum Gasteiger partial charge on any atom is -0.469 e. The van der Waals surface area contributed by atoms with Crippen molar-refractivity contribution in [3.05, 3.63) is 39.9 Å². The number of primary amides is 1. The van der Waals surface area contributed by atoms with Crippen LogP contribution in [-0.4, -0.2) is 23.9 Å². The normalized spacial score (nSPS) is 8.59. The summed E-state index contributed by atoms with van der Waals surface area (Å²) >= 11 is 0. The maximum atomic E-state index is 10.5. The van der Waals surface area contributed by atoms with Crippen molar-refractivity contribution in [2.45, 2.75) is 6.92 Å². The van der Waals surface area contributed by atoms with Gasteiger partial charge in [0.2, 0.25) is 5.91 Å². The number of nitro benzene ring substituents is 1. The summed E-state index contributed by atoms with van der Waals surface area (Å²) in [6.45, 7) is 1.36. The molecule has 0 bridgehead atoms. The van der Waals surface area contributed by atoms with Crippen molar-refractivity contribution in [2.75, 3.05) is 7.11 Å². The summed E-state index contributed by atoms with van der Waals surface area (Å²) in [6, 6.07) is 5.11. The fourth-order valence-electron chi connectivity index (χ4n) is 0.747. The van der Waals surface area contributed by atoms with E-state index in [0.29, 0.717) is 0 Å². The van der Waals surface area contributed by atoms with Crippen molar-refractivity contribution in [1.82, 2.24) is 0 Å². The van der Waals surface area contributed by atoms with Gasteiger partial charge in [-0.2, -0.15) is 0 Å². The molecule has 0 atom stereocenters. The van der Waals surface area contributed by atoms with Crippen LogP contribution in [0.5, 0.6) is 0 Å². The van der Waals surface area contributed by atoms with Gasteiger partial charge in [0.25, 0.3) is 5.69 Å². The van der Waals surface area contributed by atoms with Crippen molar-refractivity contribution in [1.29, 1.82) is 0 Å². The van der Waals surface area contributed by atoms with Gasteiger partial charge in [-0.1, -0.05) is 0 Å². The molecule has 1 aromatic rings. The number of rotatable bonds is 2. The van der Waals surface area contributed by atoms with E-state index in [1.54, 1.807) is 0 Å². The lowest BCUT2D eigenvalue weighted by Gasteiger charge is -1.93. The molecular formula is C10H12N2O5. The van der Waals surface area contributed by atoms with Crippen LogP contribution in [0, 0.1) is 10.1 Å². The Morgan fingerprint density at radius 2 is 1.71 bits per heavy atom. The number of nitrogens with zero attached hydrogens (tertiary/aromatic N) is 1. The first-order valence-electron chi connectivity index (χ1n) is 4.47. The Bertz CT molecular complexity index is 380. The second-order valence-electron chi connectivity index (χ2n) is 2.86. The Balaban J connectivity index is 0.000000437. The summed E-state index contributed by atoms with van der Waals surface area (Å²) in [4.78, 5) is 29.8. The van der Waals surface area contributed by atoms with Gasteiger partial charge < -0.3 is 10.5 Å². The molecular weight excluding hydrogens is 228 g/mol. The molecule has 0 aliphatic carbocycles. The number of esters is 1. The van der Waals surface area contributed by atoms with Crippen LogP contribution in [0.4, 0.5) is 5.69 Å². The van der Waals surface area contributed by atoms with E-state index in [9.17, 15) is 19.7 Å². The van der Waals surface area contributed by atoms with Gasteiger partial charge in [-0.25, -0.2) is 0 Å². The molecule has 92 valence electrons. The highest BCUT2D eigenvalue weighted by Gasteiger charge is 2.05. The zero-order chi connectivity index (χ0) is 13.4. The largest absolute Gasteiger partial charge is 0.469 e. The van der Waals surface area contributed by atoms with Crippen LogP contribution in [0.25, 0.3) is 0 Å². The first-order chi connectivity index (χ1) is 7.88. The number of methoxy groups -OCH3 is 1. The fraction of sp³-hybridized carbons (Fsp3) is 0.200. The summed E-state index contributed by atoms with van der Waals surface area (Å²) in [5.41, 5.74) is 5.14. The number of carbonyl (C=O) groups excluding carboxylic acids is 2. The highest BCUT2D eigenvalue weighted by molar-refractivity contribution is 5.92. The number of benzene rings is 1. The topological polar surface area (TPSA) is 113 Å². The van der Waals surface area contributed by atoms with Gasteiger partial charge in [0, 0.05) is 24.6 Å². The highest BCUT2D eigenvalue weighted by Crippen LogP contribution is 2.10. The molecule has 1 rings (SSSR count). The summed E-state index contributed by atoms with van der Waals surface area (Å²) < 4.78 is 4.11. The van der Waals surface area contributed by atoms with Crippen molar-refractivity contribution in [2.24, 2.45) is 5.73 Å². The van der Waals surface area contributed by atoms with Crippen molar-refractivity contribution in [3.63, 3.8) is 0 Å². The summed E-state index contributed by atoms with van der Waals surface area (Å²) in [6.07, 6.45) is 0. The molecule has 7 heteroatoms. The third-order valence-corrected chi connectivity index (χ3v) is 1.65. The van der Waals surface area contributed by atoms with Gasteiger partial charge in [-0.05, 0) is 12.1 Å². The molecule has 7 nitrogen and oxygen atoms in total. The van der Waals surface area contributed by atoms with Gasteiger partial charge in [-0.15, -0.1) is 0 Å². The highest BCUT2D eigenvalue weighted by atomic mass is 16.6. The van der Waals surface area contributed by atoms with E-state index in [4.69, 9.17) is 5.73 Å². The van der Waals surface area contributed by atoms with Gasteiger partial charge in [0.15, 0.2) is 0 Å². The van der Waals surface area contributed by atoms with Crippen LogP contribution in [0.15, 0.2) is 24.3 Å². The molecule has 0 fully saturated rings. The number of hydrogen-bond donors (Lipinski definition) is 1. The Kier molecular flexibility index (Phi) is 5.94. The second-order valence-corrected chi connectivity index (χ2v) is 2.86. The van der Waals surface area contributed by atoms with Crippen LogP contribution >= 0.6 is 0 Å². The number of nitro groups is 1. The van der Waals surface area contributed by atoms with E-state index >= 15 is 0 Å². The molecule has 0 saturated heterocycles. The van der Waals surface area contributed by atoms with Crippen molar-refractivity contribution >= 4 is 17.6 Å². The third kappa shape index (κ3) is 5.88. The number of carbonyl (C=O) groups is 2. The smallest absolute Gasteiger partial charge is 0.302 e. The molecule has 0 heterocycles. The van der Waals surface area contributed by atoms with Crippen LogP contribution < -0.4 is 5.73 Å². The lowest BCUT2D eigenvalue weighted by atomic mass is 10.2. The molecule has 0 saturated carbocycles. The molecule has 2 N–H and O–H groups in total. The van der Waals surface area contributed by atoms with E-state index in [0.717, 1.165) is 0 Å². The van der Waals surface area contributed by atoms with Gasteiger partial charge in [0.05, 0.1) is 12.0 Å². The zero-order valence-electron chi connectivity index (χ0n) is 9.38. The van der Waals surface area contributed by atoms with E-state index < -0.39 is 10.8 Å². The van der Waals surface area contributed by atoms with E-state index in [1.165, 1.54) is 38.3 Å². The molecule has 0 unspecified atom stereocenters. The number of non-ortho nitro benzene ring substituents is 1. The Morgan fingerprint density at radius 1 is 1.29 bits per heavy atom. The molecule has 1 aromatic carbocycles. The Labute approximate surface area is 97.3 Å². The average Bonchev–Trinajstić information content (AvgIpc) is 2.29. The molecule has 0 aliphatic rings. The summed E-state index contributed by atoms with van der Waals surface area (Å²) in [5, 5.41) is 10.2. The monoisotopic (exact) mass is 240 g/mol. The Hall–Kier alpha value is -2.44. The molecule has 17 heavy (non-hydrogen) atoms. The number of hydrogen-bond acceptors (Lipinski definition) is 5. The first kappa shape index (κ1) is 14.6. The van der Waals surface area contributed by atoms with Crippen molar-refractivity contribution in [3.8, 4) is 0 Å². The lowest BCUT2D eigenvalue weighted by molar-refractivity contribution is -0.384. The van der Waals surface area contributed by atoms with Gasteiger partial charge in [0.1, 0.15) is 0 Å². The fourth-order valence-corrected chi connectivity index (χ4v) is 0.747. The standard InChI is InChI=1S/C7H6N2O3.C3H6O2/c8-7(10)5-1-3-6(4-2-5)9(11)12;1-3(4)5-2/h1-4H,(H2,8,10);1-2H3. The lowest BCUT2D eigenvalue weighted by Crippen LogP contribution is -2.10. The molecule has 0 aromatic heterocycles. The van der Waals surface area contributed by atoms with E-state index in [1.807, 2.05) is 0 Å².